The number of H-pyrrole nitrogens is 1. The molecule has 0 saturated heterocycles. The number of aliphatic carboxylic acids is 1. The molecule has 0 spiro atoms. The molecule has 3 N–H and O–H groups in total. The maximum atomic E-state index is 12.0. The summed E-state index contributed by atoms with van der Waals surface area (Å²) in [4.78, 5) is 48.0. The second kappa shape index (κ2) is 5.32. The molecular weight excluding hydrogens is 266 g/mol. The third kappa shape index (κ3) is 2.63. The Morgan fingerprint density at radius 1 is 1.40 bits per heavy atom. The van der Waals surface area contributed by atoms with Gasteiger partial charge in [-0.05, 0) is 19.3 Å². The first-order valence-electron chi connectivity index (χ1n) is 6.22. The summed E-state index contributed by atoms with van der Waals surface area (Å²) in [6, 6.07) is -0.264. The minimum absolute atomic E-state index is 0.161. The van der Waals surface area contributed by atoms with Crippen LogP contribution in [-0.4, -0.2) is 32.6 Å². The standard InChI is InChI=1S/C12H15N3O5/c1-15-10(17)8(5-13-12(15)20)9(16)14-7-3-2-6(4-7)11(18)19/h5-7H,2-4H2,1H3,(H,13,20)(H,14,16)(H,18,19)/t6-,7+/m1/s1. The van der Waals surface area contributed by atoms with Crippen LogP contribution in [0.2, 0.25) is 0 Å². The number of hydrogen-bond donors (Lipinski definition) is 3. The third-order valence-electron chi connectivity index (χ3n) is 3.54. The highest BCUT2D eigenvalue weighted by Gasteiger charge is 2.31. The molecule has 0 bridgehead atoms. The number of aromatic nitrogens is 2. The van der Waals surface area contributed by atoms with Crippen molar-refractivity contribution < 1.29 is 14.7 Å². The molecule has 0 aromatic carbocycles. The quantitative estimate of drug-likeness (QED) is 0.660. The van der Waals surface area contributed by atoms with Crippen LogP contribution in [0.4, 0.5) is 0 Å². The zero-order chi connectivity index (χ0) is 14.9. The molecule has 8 nitrogen and oxygen atoms in total. The van der Waals surface area contributed by atoms with Gasteiger partial charge in [0.2, 0.25) is 0 Å². The number of rotatable bonds is 3. The maximum absolute atomic E-state index is 12.0. The average Bonchev–Trinajstić information content (AvgIpc) is 2.84. The van der Waals surface area contributed by atoms with Crippen LogP contribution >= 0.6 is 0 Å². The van der Waals surface area contributed by atoms with Crippen molar-refractivity contribution in [2.45, 2.75) is 25.3 Å². The lowest BCUT2D eigenvalue weighted by Crippen LogP contribution is -2.41. The number of nitrogens with zero attached hydrogens (tertiary/aromatic N) is 1. The van der Waals surface area contributed by atoms with Gasteiger partial charge in [-0.25, -0.2) is 4.79 Å². The van der Waals surface area contributed by atoms with Gasteiger partial charge in [0.15, 0.2) is 0 Å². The number of carboxylic acids is 1. The first-order valence-corrected chi connectivity index (χ1v) is 6.22. The lowest BCUT2D eigenvalue weighted by molar-refractivity contribution is -0.141. The first-order chi connectivity index (χ1) is 9.40. The van der Waals surface area contributed by atoms with Crippen LogP contribution in [0, 0.1) is 5.92 Å². The van der Waals surface area contributed by atoms with Gasteiger partial charge >= 0.3 is 11.7 Å². The van der Waals surface area contributed by atoms with Crippen LogP contribution in [0.1, 0.15) is 29.6 Å². The summed E-state index contributed by atoms with van der Waals surface area (Å²) in [6.07, 6.45) is 2.49. The zero-order valence-electron chi connectivity index (χ0n) is 10.9. The second-order valence-electron chi connectivity index (χ2n) is 4.89. The summed E-state index contributed by atoms with van der Waals surface area (Å²) in [6.45, 7) is 0. The number of amides is 1. The molecule has 1 saturated carbocycles. The molecule has 1 aliphatic carbocycles. The van der Waals surface area contributed by atoms with Crippen molar-refractivity contribution in [2.75, 3.05) is 0 Å². The largest absolute Gasteiger partial charge is 0.481 e. The summed E-state index contributed by atoms with van der Waals surface area (Å²) < 4.78 is 0.809. The van der Waals surface area contributed by atoms with Crippen molar-refractivity contribution in [1.82, 2.24) is 14.9 Å². The fourth-order valence-corrected chi connectivity index (χ4v) is 2.33. The van der Waals surface area contributed by atoms with Crippen LogP contribution in [0.3, 0.4) is 0 Å². The van der Waals surface area contributed by atoms with Gasteiger partial charge in [-0.2, -0.15) is 0 Å². The topological polar surface area (TPSA) is 121 Å². The molecule has 108 valence electrons. The predicted octanol–water partition coefficient (Wildman–Crippen LogP) is -0.943. The smallest absolute Gasteiger partial charge is 0.328 e. The minimum Gasteiger partial charge on any atom is -0.481 e. The number of nitrogens with one attached hydrogen (secondary N) is 2. The Morgan fingerprint density at radius 3 is 2.70 bits per heavy atom. The molecule has 1 aromatic heterocycles. The van der Waals surface area contributed by atoms with Crippen molar-refractivity contribution in [3.8, 4) is 0 Å². The van der Waals surface area contributed by atoms with Crippen molar-refractivity contribution in [2.24, 2.45) is 13.0 Å². The molecule has 1 fully saturated rings. The zero-order valence-corrected chi connectivity index (χ0v) is 10.9. The Morgan fingerprint density at radius 2 is 2.10 bits per heavy atom. The molecule has 0 aliphatic heterocycles. The van der Waals surface area contributed by atoms with E-state index in [1.807, 2.05) is 0 Å². The molecule has 1 aromatic rings. The number of carboxylic acid groups (broad SMARTS) is 1. The maximum Gasteiger partial charge on any atom is 0.328 e. The predicted molar refractivity (Wildman–Crippen MR) is 68.5 cm³/mol. The van der Waals surface area contributed by atoms with Crippen molar-refractivity contribution >= 4 is 11.9 Å². The SMILES string of the molecule is Cn1c(=O)[nH]cc(C(=O)N[C@H]2CC[C@@H](C(=O)O)C2)c1=O. The summed E-state index contributed by atoms with van der Waals surface area (Å²) in [5.74, 6) is -1.93. The average molecular weight is 281 g/mol. The van der Waals surface area contributed by atoms with Gasteiger partial charge in [0.05, 0.1) is 5.92 Å². The molecule has 1 aliphatic rings. The highest BCUT2D eigenvalue weighted by atomic mass is 16.4. The van der Waals surface area contributed by atoms with E-state index in [-0.39, 0.29) is 11.6 Å². The Kier molecular flexibility index (Phi) is 3.73. The van der Waals surface area contributed by atoms with Crippen LogP contribution < -0.4 is 16.6 Å². The van der Waals surface area contributed by atoms with Gasteiger partial charge in [-0.3, -0.25) is 19.0 Å². The fraction of sp³-hybridized carbons (Fsp3) is 0.500. The summed E-state index contributed by atoms with van der Waals surface area (Å²) >= 11 is 0. The Bertz CT molecular complexity index is 660. The molecular formula is C12H15N3O5. The summed E-state index contributed by atoms with van der Waals surface area (Å²) in [7, 11) is 1.27. The lowest BCUT2D eigenvalue weighted by atomic mass is 10.1. The number of carbonyl (C=O) groups excluding carboxylic acids is 1. The highest BCUT2D eigenvalue weighted by molar-refractivity contribution is 5.93. The molecule has 0 radical (unpaired) electrons. The number of carbonyl (C=O) groups is 2. The first kappa shape index (κ1) is 14.0. The van der Waals surface area contributed by atoms with Crippen LogP contribution in [0.5, 0.6) is 0 Å². The Balaban J connectivity index is 2.11. The van der Waals surface area contributed by atoms with Gasteiger partial charge in [-0.15, -0.1) is 0 Å². The third-order valence-corrected chi connectivity index (χ3v) is 3.54. The normalized spacial score (nSPS) is 21.6. The van der Waals surface area contributed by atoms with E-state index in [2.05, 4.69) is 10.3 Å². The van der Waals surface area contributed by atoms with E-state index in [1.165, 1.54) is 7.05 Å². The van der Waals surface area contributed by atoms with E-state index in [0.29, 0.717) is 19.3 Å². The Labute approximate surface area is 113 Å². The van der Waals surface area contributed by atoms with E-state index >= 15 is 0 Å². The van der Waals surface area contributed by atoms with Crippen LogP contribution in [0.15, 0.2) is 15.8 Å². The van der Waals surface area contributed by atoms with Gasteiger partial charge < -0.3 is 15.4 Å². The minimum atomic E-state index is -0.873. The molecule has 1 heterocycles. The number of hydrogen-bond acceptors (Lipinski definition) is 4. The highest BCUT2D eigenvalue weighted by Crippen LogP contribution is 2.25. The number of aromatic amines is 1. The van der Waals surface area contributed by atoms with Crippen molar-refractivity contribution in [1.29, 1.82) is 0 Å². The van der Waals surface area contributed by atoms with E-state index in [0.717, 1.165) is 10.8 Å². The van der Waals surface area contributed by atoms with E-state index in [9.17, 15) is 19.2 Å². The van der Waals surface area contributed by atoms with Crippen LogP contribution in [-0.2, 0) is 11.8 Å². The Hall–Kier alpha value is -2.38. The van der Waals surface area contributed by atoms with Gasteiger partial charge in [0.25, 0.3) is 11.5 Å². The second-order valence-corrected chi connectivity index (χ2v) is 4.89. The van der Waals surface area contributed by atoms with E-state index < -0.39 is 29.0 Å². The van der Waals surface area contributed by atoms with Gasteiger partial charge in [0, 0.05) is 19.3 Å². The lowest BCUT2D eigenvalue weighted by Gasteiger charge is -2.12. The monoisotopic (exact) mass is 281 g/mol. The van der Waals surface area contributed by atoms with Crippen molar-refractivity contribution in [3.63, 3.8) is 0 Å². The molecule has 8 heteroatoms. The molecule has 1 amide bonds. The van der Waals surface area contributed by atoms with E-state index in [4.69, 9.17) is 5.11 Å². The van der Waals surface area contributed by atoms with Gasteiger partial charge in [0.1, 0.15) is 5.56 Å². The molecule has 2 atom stereocenters. The fourth-order valence-electron chi connectivity index (χ4n) is 2.33. The molecule has 2 rings (SSSR count). The molecule has 0 unspecified atom stereocenters. The summed E-state index contributed by atoms with van der Waals surface area (Å²) in [5.41, 5.74) is -1.44. The van der Waals surface area contributed by atoms with Crippen LogP contribution in [0.25, 0.3) is 0 Å². The van der Waals surface area contributed by atoms with Gasteiger partial charge in [-0.1, -0.05) is 0 Å². The summed E-state index contributed by atoms with van der Waals surface area (Å²) in [5, 5.41) is 11.5. The molecule has 20 heavy (non-hydrogen) atoms. The van der Waals surface area contributed by atoms with E-state index in [1.54, 1.807) is 0 Å². The van der Waals surface area contributed by atoms with Crippen molar-refractivity contribution in [3.05, 3.63) is 32.6 Å².